The fourth-order valence-corrected chi connectivity index (χ4v) is 3.56. The number of sulfonamides is 1. The summed E-state index contributed by atoms with van der Waals surface area (Å²) >= 11 is 0. The van der Waals surface area contributed by atoms with Crippen molar-refractivity contribution in [1.29, 1.82) is 0 Å². The molecule has 0 atom stereocenters. The second-order valence-corrected chi connectivity index (χ2v) is 7.09. The van der Waals surface area contributed by atoms with Gasteiger partial charge in [-0.2, -0.15) is 0 Å². The van der Waals surface area contributed by atoms with Crippen molar-refractivity contribution in [3.05, 3.63) is 23.3 Å². The Balaban J connectivity index is 1.98. The molecule has 116 valence electrons. The first-order valence-corrected chi connectivity index (χ1v) is 8.44. The molecular formula is C14H21N3O3S. The molecule has 21 heavy (non-hydrogen) atoms. The molecule has 1 saturated carbocycles. The zero-order valence-corrected chi connectivity index (χ0v) is 13.1. The molecule has 0 aromatic heterocycles. The average Bonchev–Trinajstić information content (AvgIpc) is 3.23. The first-order valence-electron chi connectivity index (χ1n) is 6.96. The second kappa shape index (κ2) is 6.03. The van der Waals surface area contributed by atoms with E-state index in [1.54, 1.807) is 19.1 Å². The maximum absolute atomic E-state index is 12.3. The van der Waals surface area contributed by atoms with Gasteiger partial charge in [0.05, 0.1) is 5.69 Å². The number of nitrogen functional groups attached to an aromatic ring is 1. The van der Waals surface area contributed by atoms with Gasteiger partial charge in [0, 0.05) is 19.0 Å². The zero-order chi connectivity index (χ0) is 15.6. The summed E-state index contributed by atoms with van der Waals surface area (Å²) in [4.78, 5) is 11.6. The van der Waals surface area contributed by atoms with Crippen LogP contribution < -0.4 is 15.8 Å². The zero-order valence-electron chi connectivity index (χ0n) is 12.3. The quantitative estimate of drug-likeness (QED) is 0.531. The fraction of sp³-hybridized carbons (Fsp3) is 0.500. The number of carbonyl (C=O) groups is 1. The molecule has 1 amide bonds. The summed E-state index contributed by atoms with van der Waals surface area (Å²) in [7, 11) is -3.67. The van der Waals surface area contributed by atoms with E-state index in [2.05, 4.69) is 10.0 Å². The third-order valence-corrected chi connectivity index (χ3v) is 5.30. The van der Waals surface area contributed by atoms with Gasteiger partial charge in [-0.3, -0.25) is 4.79 Å². The fourth-order valence-electron chi connectivity index (χ4n) is 2.10. The van der Waals surface area contributed by atoms with E-state index in [9.17, 15) is 13.2 Å². The van der Waals surface area contributed by atoms with E-state index in [0.717, 1.165) is 18.4 Å². The summed E-state index contributed by atoms with van der Waals surface area (Å²) in [5.41, 5.74) is 7.53. The monoisotopic (exact) mass is 311 g/mol. The van der Waals surface area contributed by atoms with Gasteiger partial charge in [0.1, 0.15) is 4.90 Å². The molecule has 0 spiro atoms. The smallest absolute Gasteiger partial charge is 0.242 e. The van der Waals surface area contributed by atoms with Crippen molar-refractivity contribution in [2.24, 2.45) is 5.92 Å². The Kier molecular flexibility index (Phi) is 4.53. The van der Waals surface area contributed by atoms with Crippen molar-refractivity contribution in [3.8, 4) is 0 Å². The Morgan fingerprint density at radius 2 is 1.95 bits per heavy atom. The first kappa shape index (κ1) is 15.8. The van der Waals surface area contributed by atoms with Crippen LogP contribution in [0.15, 0.2) is 17.0 Å². The van der Waals surface area contributed by atoms with Crippen molar-refractivity contribution in [1.82, 2.24) is 10.0 Å². The van der Waals surface area contributed by atoms with E-state index in [1.165, 1.54) is 0 Å². The largest absolute Gasteiger partial charge is 0.398 e. The Hall–Kier alpha value is -1.60. The van der Waals surface area contributed by atoms with Gasteiger partial charge in [-0.25, -0.2) is 13.1 Å². The van der Waals surface area contributed by atoms with E-state index in [0.29, 0.717) is 5.56 Å². The van der Waals surface area contributed by atoms with Crippen LogP contribution in [0.5, 0.6) is 0 Å². The minimum atomic E-state index is -3.67. The highest BCUT2D eigenvalue weighted by atomic mass is 32.2. The molecule has 0 bridgehead atoms. The van der Waals surface area contributed by atoms with Crippen molar-refractivity contribution in [2.75, 3.05) is 18.8 Å². The van der Waals surface area contributed by atoms with Crippen LogP contribution >= 0.6 is 0 Å². The van der Waals surface area contributed by atoms with Crippen molar-refractivity contribution in [2.45, 2.75) is 31.6 Å². The molecule has 7 heteroatoms. The van der Waals surface area contributed by atoms with Crippen LogP contribution in [-0.2, 0) is 14.8 Å². The van der Waals surface area contributed by atoms with Gasteiger partial charge in [0.2, 0.25) is 15.9 Å². The summed E-state index contributed by atoms with van der Waals surface area (Å²) in [5, 5.41) is 2.71. The van der Waals surface area contributed by atoms with Crippen molar-refractivity contribution < 1.29 is 13.2 Å². The number of anilines is 1. The third kappa shape index (κ3) is 3.74. The van der Waals surface area contributed by atoms with Gasteiger partial charge in [0.25, 0.3) is 0 Å². The number of nitrogens with one attached hydrogen (secondary N) is 2. The lowest BCUT2D eigenvalue weighted by Crippen LogP contribution is -2.35. The van der Waals surface area contributed by atoms with Crippen LogP contribution in [-0.4, -0.2) is 27.4 Å². The number of amides is 1. The van der Waals surface area contributed by atoms with E-state index in [4.69, 9.17) is 5.73 Å². The van der Waals surface area contributed by atoms with Gasteiger partial charge in [-0.1, -0.05) is 6.07 Å². The standard InChI is InChI=1S/C14H21N3O3S/c1-9-3-6-12(15)13(10(9)2)21(19,20)17-8-7-16-14(18)11-4-5-11/h3,6,11,17H,4-5,7-8,15H2,1-2H3,(H,16,18). The summed E-state index contributed by atoms with van der Waals surface area (Å²) in [6.45, 7) is 3.99. The van der Waals surface area contributed by atoms with E-state index in [1.807, 2.05) is 6.92 Å². The Morgan fingerprint density at radius 3 is 2.57 bits per heavy atom. The van der Waals surface area contributed by atoms with Gasteiger partial charge in [0.15, 0.2) is 0 Å². The van der Waals surface area contributed by atoms with Crippen molar-refractivity contribution in [3.63, 3.8) is 0 Å². The Labute approximate surface area is 125 Å². The highest BCUT2D eigenvalue weighted by Crippen LogP contribution is 2.28. The predicted octanol–water partition coefficient (Wildman–Crippen LogP) is 0.690. The summed E-state index contributed by atoms with van der Waals surface area (Å²) < 4.78 is 27.1. The highest BCUT2D eigenvalue weighted by molar-refractivity contribution is 7.89. The lowest BCUT2D eigenvalue weighted by molar-refractivity contribution is -0.122. The lowest BCUT2D eigenvalue weighted by atomic mass is 10.1. The molecule has 0 radical (unpaired) electrons. The molecule has 6 nitrogen and oxygen atoms in total. The number of rotatable bonds is 6. The third-order valence-electron chi connectivity index (χ3n) is 3.64. The molecule has 2 rings (SSSR count). The summed E-state index contributed by atoms with van der Waals surface area (Å²) in [6, 6.07) is 3.38. The number of hydrogen-bond acceptors (Lipinski definition) is 4. The molecule has 4 N–H and O–H groups in total. The summed E-state index contributed by atoms with van der Waals surface area (Å²) in [6.07, 6.45) is 1.85. The van der Waals surface area contributed by atoms with Crippen molar-refractivity contribution >= 4 is 21.6 Å². The van der Waals surface area contributed by atoms with Crippen LogP contribution in [0.2, 0.25) is 0 Å². The van der Waals surface area contributed by atoms with Gasteiger partial charge in [-0.05, 0) is 43.9 Å². The van der Waals surface area contributed by atoms with E-state index >= 15 is 0 Å². The maximum atomic E-state index is 12.3. The summed E-state index contributed by atoms with van der Waals surface area (Å²) in [5.74, 6) is 0.122. The van der Waals surface area contributed by atoms with Gasteiger partial charge < -0.3 is 11.1 Å². The van der Waals surface area contributed by atoms with Gasteiger partial charge in [-0.15, -0.1) is 0 Å². The first-order chi connectivity index (χ1) is 9.83. The lowest BCUT2D eigenvalue weighted by Gasteiger charge is -2.13. The van der Waals surface area contributed by atoms with Crippen LogP contribution in [0, 0.1) is 19.8 Å². The van der Waals surface area contributed by atoms with E-state index in [-0.39, 0.29) is 35.5 Å². The average molecular weight is 311 g/mol. The molecule has 1 fully saturated rings. The molecule has 0 aliphatic heterocycles. The molecule has 0 saturated heterocycles. The maximum Gasteiger partial charge on any atom is 0.242 e. The Bertz CT molecular complexity index is 652. The number of nitrogens with two attached hydrogens (primary N) is 1. The minimum Gasteiger partial charge on any atom is -0.398 e. The molecule has 1 aromatic rings. The molecule has 1 aliphatic carbocycles. The SMILES string of the molecule is Cc1ccc(N)c(S(=O)(=O)NCCNC(=O)C2CC2)c1C. The number of benzene rings is 1. The number of carbonyl (C=O) groups excluding carboxylic acids is 1. The van der Waals surface area contributed by atoms with Crippen LogP contribution in [0.4, 0.5) is 5.69 Å². The van der Waals surface area contributed by atoms with Crippen LogP contribution in [0.25, 0.3) is 0 Å². The van der Waals surface area contributed by atoms with Gasteiger partial charge >= 0.3 is 0 Å². The molecule has 0 unspecified atom stereocenters. The highest BCUT2D eigenvalue weighted by Gasteiger charge is 2.29. The molecular weight excluding hydrogens is 290 g/mol. The molecule has 0 heterocycles. The topological polar surface area (TPSA) is 101 Å². The molecule has 1 aromatic carbocycles. The normalized spacial score (nSPS) is 15.0. The van der Waals surface area contributed by atoms with Crippen LogP contribution in [0.1, 0.15) is 24.0 Å². The van der Waals surface area contributed by atoms with Crippen LogP contribution in [0.3, 0.4) is 0 Å². The number of aryl methyl sites for hydroxylation is 1. The molecule has 1 aliphatic rings. The predicted molar refractivity (Wildman–Crippen MR) is 81.3 cm³/mol. The van der Waals surface area contributed by atoms with E-state index < -0.39 is 10.0 Å². The second-order valence-electron chi connectivity index (χ2n) is 5.39. The Morgan fingerprint density at radius 1 is 1.29 bits per heavy atom. The number of hydrogen-bond donors (Lipinski definition) is 3. The minimum absolute atomic E-state index is 0.000415.